The van der Waals surface area contributed by atoms with Crippen molar-refractivity contribution in [2.75, 3.05) is 14.1 Å². The minimum Gasteiger partial charge on any atom is -0.369 e. The van der Waals surface area contributed by atoms with Crippen molar-refractivity contribution in [1.29, 1.82) is 0 Å². The fourth-order valence-corrected chi connectivity index (χ4v) is 0.964. The van der Waals surface area contributed by atoms with Gasteiger partial charge in [-0.05, 0) is 31.2 Å². The third-order valence-corrected chi connectivity index (χ3v) is 1.71. The highest BCUT2D eigenvalue weighted by atomic mass is 16.1. The van der Waals surface area contributed by atoms with Gasteiger partial charge in [0.05, 0.1) is 12.0 Å². The highest BCUT2D eigenvalue weighted by molar-refractivity contribution is 5.94. The molecule has 0 saturated carbocycles. The number of rotatable bonds is 3. The van der Waals surface area contributed by atoms with Crippen molar-refractivity contribution in [3.8, 4) is 0 Å². The number of nitrogens with zero attached hydrogens (tertiary/aromatic N) is 2. The lowest BCUT2D eigenvalue weighted by Crippen LogP contribution is -2.06. The lowest BCUT2D eigenvalue weighted by molar-refractivity contribution is 0.101. The van der Waals surface area contributed by atoms with E-state index < -0.39 is 0 Å². The van der Waals surface area contributed by atoms with Gasteiger partial charge in [0, 0.05) is 19.7 Å². The average molecular weight is 190 g/mol. The second-order valence-electron chi connectivity index (χ2n) is 3.31. The molecule has 0 fully saturated rings. The van der Waals surface area contributed by atoms with E-state index in [9.17, 15) is 4.79 Å². The van der Waals surface area contributed by atoms with Crippen LogP contribution in [0.15, 0.2) is 29.3 Å². The van der Waals surface area contributed by atoms with Crippen LogP contribution in [0.25, 0.3) is 0 Å². The molecule has 0 radical (unpaired) electrons. The summed E-state index contributed by atoms with van der Waals surface area (Å²) < 4.78 is 0. The number of ketones is 1. The second kappa shape index (κ2) is 4.56. The molecule has 14 heavy (non-hydrogen) atoms. The Morgan fingerprint density at radius 3 is 2.29 bits per heavy atom. The van der Waals surface area contributed by atoms with Crippen LogP contribution in [-0.4, -0.2) is 31.1 Å². The van der Waals surface area contributed by atoms with Crippen LogP contribution in [-0.2, 0) is 0 Å². The molecule has 0 heterocycles. The van der Waals surface area contributed by atoms with Gasteiger partial charge in [0.15, 0.2) is 5.78 Å². The van der Waals surface area contributed by atoms with E-state index in [-0.39, 0.29) is 5.78 Å². The molecule has 74 valence electrons. The van der Waals surface area contributed by atoms with Crippen LogP contribution in [0, 0.1) is 0 Å². The largest absolute Gasteiger partial charge is 0.369 e. The lowest BCUT2D eigenvalue weighted by atomic mass is 10.1. The molecular formula is C11H14N2O. The first-order chi connectivity index (χ1) is 6.59. The lowest BCUT2D eigenvalue weighted by Gasteiger charge is -2.02. The summed E-state index contributed by atoms with van der Waals surface area (Å²) >= 11 is 0. The molecule has 0 spiro atoms. The number of carbonyl (C=O) groups excluding carboxylic acids is 1. The van der Waals surface area contributed by atoms with Gasteiger partial charge in [0.1, 0.15) is 0 Å². The third-order valence-electron chi connectivity index (χ3n) is 1.71. The van der Waals surface area contributed by atoms with E-state index in [4.69, 9.17) is 0 Å². The molecule has 0 amide bonds. The van der Waals surface area contributed by atoms with Crippen LogP contribution in [0.5, 0.6) is 0 Å². The highest BCUT2D eigenvalue weighted by Gasteiger charge is 1.97. The first-order valence-electron chi connectivity index (χ1n) is 4.41. The van der Waals surface area contributed by atoms with E-state index in [1.54, 1.807) is 25.4 Å². The Labute approximate surface area is 84.1 Å². The van der Waals surface area contributed by atoms with E-state index in [0.717, 1.165) is 5.69 Å². The predicted molar refractivity (Wildman–Crippen MR) is 58.3 cm³/mol. The summed E-state index contributed by atoms with van der Waals surface area (Å²) in [5.74, 6) is 0.0770. The van der Waals surface area contributed by atoms with Crippen molar-refractivity contribution in [3.63, 3.8) is 0 Å². The number of aliphatic imine (C=N–C) groups is 1. The third kappa shape index (κ3) is 3.01. The zero-order valence-corrected chi connectivity index (χ0v) is 8.69. The van der Waals surface area contributed by atoms with Gasteiger partial charge in [-0.1, -0.05) is 0 Å². The number of hydrogen-bond acceptors (Lipinski definition) is 2. The molecule has 3 nitrogen and oxygen atoms in total. The molecule has 1 rings (SSSR count). The molecule has 3 heteroatoms. The number of benzene rings is 1. The van der Waals surface area contributed by atoms with Crippen LogP contribution in [0.2, 0.25) is 0 Å². The molecule has 1 aromatic rings. The van der Waals surface area contributed by atoms with Gasteiger partial charge in [-0.2, -0.15) is 0 Å². The van der Waals surface area contributed by atoms with Crippen LogP contribution in [0.3, 0.4) is 0 Å². The van der Waals surface area contributed by atoms with Crippen LogP contribution in [0.1, 0.15) is 17.3 Å². The summed E-state index contributed by atoms with van der Waals surface area (Å²) in [5.41, 5.74) is 1.57. The Hall–Kier alpha value is -1.64. The van der Waals surface area contributed by atoms with E-state index in [0.29, 0.717) is 5.56 Å². The Balaban J connectivity index is 2.78. The normalized spacial score (nSPS) is 10.5. The van der Waals surface area contributed by atoms with Crippen molar-refractivity contribution in [2.24, 2.45) is 4.99 Å². The van der Waals surface area contributed by atoms with Crippen LogP contribution < -0.4 is 0 Å². The standard InChI is InChI=1S/C11H14N2O/c1-9(14)10-4-6-11(7-5-10)12-8-13(2)3/h4-8H,1-3H3. The Kier molecular flexibility index (Phi) is 3.40. The second-order valence-corrected chi connectivity index (χ2v) is 3.31. The summed E-state index contributed by atoms with van der Waals surface area (Å²) in [4.78, 5) is 17.0. The predicted octanol–water partition coefficient (Wildman–Crippen LogP) is 2.11. The van der Waals surface area contributed by atoms with Gasteiger partial charge in [0.25, 0.3) is 0 Å². The molecule has 0 N–H and O–H groups in total. The van der Waals surface area contributed by atoms with Gasteiger partial charge in [-0.15, -0.1) is 0 Å². The summed E-state index contributed by atoms with van der Waals surface area (Å²) in [6, 6.07) is 7.22. The van der Waals surface area contributed by atoms with Crippen molar-refractivity contribution in [1.82, 2.24) is 4.90 Å². The maximum absolute atomic E-state index is 11.0. The van der Waals surface area contributed by atoms with Gasteiger partial charge in [0.2, 0.25) is 0 Å². The topological polar surface area (TPSA) is 32.7 Å². The molecule has 0 aliphatic heterocycles. The van der Waals surface area contributed by atoms with Crippen molar-refractivity contribution < 1.29 is 4.79 Å². The number of hydrogen-bond donors (Lipinski definition) is 0. The summed E-state index contributed by atoms with van der Waals surface area (Å²) in [5, 5.41) is 0. The van der Waals surface area contributed by atoms with E-state index in [2.05, 4.69) is 4.99 Å². The highest BCUT2D eigenvalue weighted by Crippen LogP contribution is 2.12. The minimum atomic E-state index is 0.0770. The van der Waals surface area contributed by atoms with E-state index >= 15 is 0 Å². The maximum Gasteiger partial charge on any atom is 0.159 e. The van der Waals surface area contributed by atoms with Gasteiger partial charge < -0.3 is 4.90 Å². The van der Waals surface area contributed by atoms with Crippen molar-refractivity contribution in [2.45, 2.75) is 6.92 Å². The van der Waals surface area contributed by atoms with E-state index in [1.165, 1.54) is 0 Å². The minimum absolute atomic E-state index is 0.0770. The molecular weight excluding hydrogens is 176 g/mol. The Morgan fingerprint density at radius 1 is 1.29 bits per heavy atom. The Morgan fingerprint density at radius 2 is 1.86 bits per heavy atom. The van der Waals surface area contributed by atoms with Crippen LogP contribution >= 0.6 is 0 Å². The van der Waals surface area contributed by atoms with Crippen LogP contribution in [0.4, 0.5) is 5.69 Å². The van der Waals surface area contributed by atoms with Gasteiger partial charge in [-0.3, -0.25) is 4.79 Å². The smallest absolute Gasteiger partial charge is 0.159 e. The van der Waals surface area contributed by atoms with E-state index in [1.807, 2.05) is 31.1 Å². The average Bonchev–Trinajstić information content (AvgIpc) is 2.15. The van der Waals surface area contributed by atoms with Gasteiger partial charge in [-0.25, -0.2) is 4.99 Å². The summed E-state index contributed by atoms with van der Waals surface area (Å²) in [7, 11) is 3.82. The molecule has 1 aromatic carbocycles. The molecule has 0 aromatic heterocycles. The summed E-state index contributed by atoms with van der Waals surface area (Å²) in [6.45, 7) is 1.55. The SMILES string of the molecule is CC(=O)c1ccc(N=CN(C)C)cc1. The summed E-state index contributed by atoms with van der Waals surface area (Å²) in [6.07, 6.45) is 1.72. The first-order valence-corrected chi connectivity index (χ1v) is 4.41. The van der Waals surface area contributed by atoms with Crippen molar-refractivity contribution >= 4 is 17.8 Å². The molecule has 0 aliphatic rings. The first kappa shape index (κ1) is 10.4. The Bertz CT molecular complexity index is 339. The quantitative estimate of drug-likeness (QED) is 0.415. The fourth-order valence-electron chi connectivity index (χ4n) is 0.964. The monoisotopic (exact) mass is 190 g/mol. The van der Waals surface area contributed by atoms with Gasteiger partial charge >= 0.3 is 0 Å². The zero-order valence-electron chi connectivity index (χ0n) is 8.69. The number of carbonyl (C=O) groups is 1. The molecule has 0 atom stereocenters. The van der Waals surface area contributed by atoms with Crippen molar-refractivity contribution in [3.05, 3.63) is 29.8 Å². The number of Topliss-reactive ketones (excluding diaryl/α,β-unsaturated/α-hetero) is 1. The molecule has 0 bridgehead atoms. The zero-order chi connectivity index (χ0) is 10.6. The fraction of sp³-hybridized carbons (Fsp3) is 0.273. The molecule has 0 saturated heterocycles. The molecule has 0 unspecified atom stereocenters. The molecule has 0 aliphatic carbocycles. The maximum atomic E-state index is 11.0.